The summed E-state index contributed by atoms with van der Waals surface area (Å²) >= 11 is 5.61. The van der Waals surface area contributed by atoms with Gasteiger partial charge in [0.05, 0.1) is 0 Å². The van der Waals surface area contributed by atoms with E-state index in [0.29, 0.717) is 5.22 Å². The van der Waals surface area contributed by atoms with Crippen LogP contribution >= 0.6 is 11.6 Å². The molecule has 12 heavy (non-hydrogen) atoms. The van der Waals surface area contributed by atoms with E-state index in [-0.39, 0.29) is 0 Å². The third-order valence-electron chi connectivity index (χ3n) is 1.44. The molecule has 3 heteroatoms. The predicted molar refractivity (Wildman–Crippen MR) is 51.3 cm³/mol. The number of rotatable bonds is 3. The van der Waals surface area contributed by atoms with Gasteiger partial charge in [-0.05, 0) is 43.8 Å². The number of likely N-dealkylation sites (N-methyl/N-ethyl adjacent to an activating group) is 1. The Morgan fingerprint density at radius 2 is 2.42 bits per heavy atom. The van der Waals surface area contributed by atoms with Gasteiger partial charge >= 0.3 is 0 Å². The molecule has 0 aliphatic carbocycles. The van der Waals surface area contributed by atoms with Crippen molar-refractivity contribution in [2.75, 3.05) is 13.6 Å². The molecule has 0 bridgehead atoms. The second kappa shape index (κ2) is 4.33. The van der Waals surface area contributed by atoms with Crippen LogP contribution in [0.25, 0.3) is 6.08 Å². The molecule has 0 spiro atoms. The van der Waals surface area contributed by atoms with Crippen molar-refractivity contribution in [3.05, 3.63) is 28.7 Å². The molecule has 2 nitrogen and oxygen atoms in total. The highest BCUT2D eigenvalue weighted by Gasteiger charge is 1.95. The fourth-order valence-corrected chi connectivity index (χ4v) is 1.13. The van der Waals surface area contributed by atoms with E-state index in [4.69, 9.17) is 16.0 Å². The highest BCUT2D eigenvalue weighted by Crippen LogP contribution is 2.15. The van der Waals surface area contributed by atoms with E-state index >= 15 is 0 Å². The van der Waals surface area contributed by atoms with Crippen LogP contribution in [0, 0.1) is 0 Å². The van der Waals surface area contributed by atoms with E-state index in [1.807, 2.05) is 26.1 Å². The first kappa shape index (κ1) is 9.36. The van der Waals surface area contributed by atoms with E-state index in [9.17, 15) is 0 Å². The average Bonchev–Trinajstić information content (AvgIpc) is 2.36. The smallest absolute Gasteiger partial charge is 0.193 e. The molecule has 1 aromatic heterocycles. The average molecular weight is 186 g/mol. The van der Waals surface area contributed by atoms with Crippen LogP contribution < -0.4 is 5.32 Å². The van der Waals surface area contributed by atoms with Gasteiger partial charge in [0, 0.05) is 6.54 Å². The maximum Gasteiger partial charge on any atom is 0.193 e. The van der Waals surface area contributed by atoms with Crippen molar-refractivity contribution in [1.82, 2.24) is 5.32 Å². The molecular formula is C9H12ClNO. The lowest BCUT2D eigenvalue weighted by Gasteiger charge is -1.96. The molecule has 1 aromatic rings. The molecule has 1 N–H and O–H groups in total. The standard InChI is InChI=1S/C9H12ClNO/c1-7(6-11-2)5-8-3-4-9(10)12-8/h3-5,11H,6H2,1-2H3. The van der Waals surface area contributed by atoms with Crippen LogP contribution in [-0.4, -0.2) is 13.6 Å². The van der Waals surface area contributed by atoms with Crippen molar-refractivity contribution >= 4 is 17.7 Å². The summed E-state index contributed by atoms with van der Waals surface area (Å²) in [5.41, 5.74) is 1.21. The fraction of sp³-hybridized carbons (Fsp3) is 0.333. The minimum Gasteiger partial charge on any atom is -0.445 e. The number of hydrogen-bond donors (Lipinski definition) is 1. The van der Waals surface area contributed by atoms with E-state index in [2.05, 4.69) is 5.32 Å². The van der Waals surface area contributed by atoms with Crippen molar-refractivity contribution in [3.63, 3.8) is 0 Å². The van der Waals surface area contributed by atoms with Crippen molar-refractivity contribution in [2.45, 2.75) is 6.92 Å². The molecular weight excluding hydrogens is 174 g/mol. The van der Waals surface area contributed by atoms with Crippen LogP contribution in [0.4, 0.5) is 0 Å². The Balaban J connectivity index is 2.67. The molecule has 0 unspecified atom stereocenters. The highest BCUT2D eigenvalue weighted by molar-refractivity contribution is 6.28. The summed E-state index contributed by atoms with van der Waals surface area (Å²) in [5, 5.41) is 3.48. The minimum absolute atomic E-state index is 0.429. The van der Waals surface area contributed by atoms with Gasteiger partial charge in [0.25, 0.3) is 0 Å². The maximum absolute atomic E-state index is 5.61. The summed E-state index contributed by atoms with van der Waals surface area (Å²) in [6, 6.07) is 3.58. The predicted octanol–water partition coefficient (Wildman–Crippen LogP) is 2.56. The first-order valence-corrected chi connectivity index (χ1v) is 4.17. The lowest BCUT2D eigenvalue weighted by Crippen LogP contribution is -2.08. The van der Waals surface area contributed by atoms with Gasteiger partial charge in [-0.2, -0.15) is 0 Å². The van der Waals surface area contributed by atoms with Crippen LogP contribution in [0.2, 0.25) is 5.22 Å². The third-order valence-corrected chi connectivity index (χ3v) is 1.64. The van der Waals surface area contributed by atoms with Gasteiger partial charge in [-0.1, -0.05) is 5.57 Å². The second-order valence-electron chi connectivity index (χ2n) is 2.66. The molecule has 66 valence electrons. The number of nitrogens with one attached hydrogen (secondary N) is 1. The molecule has 0 saturated heterocycles. The summed E-state index contributed by atoms with van der Waals surface area (Å²) < 4.78 is 5.16. The van der Waals surface area contributed by atoms with Gasteiger partial charge in [-0.25, -0.2) is 0 Å². The monoisotopic (exact) mass is 185 g/mol. The van der Waals surface area contributed by atoms with Crippen molar-refractivity contribution in [1.29, 1.82) is 0 Å². The van der Waals surface area contributed by atoms with Crippen LogP contribution in [-0.2, 0) is 0 Å². The zero-order valence-electron chi connectivity index (χ0n) is 7.23. The maximum atomic E-state index is 5.61. The summed E-state index contributed by atoms with van der Waals surface area (Å²) in [6.07, 6.45) is 1.96. The van der Waals surface area contributed by atoms with Gasteiger partial charge in [-0.3, -0.25) is 0 Å². The largest absolute Gasteiger partial charge is 0.445 e. The Bertz CT molecular complexity index is 278. The molecule has 0 aliphatic heterocycles. The zero-order chi connectivity index (χ0) is 8.97. The van der Waals surface area contributed by atoms with Crippen molar-refractivity contribution in [3.8, 4) is 0 Å². The van der Waals surface area contributed by atoms with E-state index < -0.39 is 0 Å². The van der Waals surface area contributed by atoms with Crippen LogP contribution in [0.1, 0.15) is 12.7 Å². The Kier molecular flexibility index (Phi) is 3.38. The lowest BCUT2D eigenvalue weighted by molar-refractivity contribution is 0.558. The van der Waals surface area contributed by atoms with Crippen molar-refractivity contribution < 1.29 is 4.42 Å². The molecule has 1 rings (SSSR count). The Labute approximate surface area is 77.2 Å². The van der Waals surface area contributed by atoms with E-state index in [0.717, 1.165) is 12.3 Å². The van der Waals surface area contributed by atoms with E-state index in [1.54, 1.807) is 6.07 Å². The number of hydrogen-bond acceptors (Lipinski definition) is 2. The molecule has 0 amide bonds. The summed E-state index contributed by atoms with van der Waals surface area (Å²) in [7, 11) is 1.91. The summed E-state index contributed by atoms with van der Waals surface area (Å²) in [6.45, 7) is 2.89. The molecule has 0 fully saturated rings. The molecule has 0 saturated carbocycles. The Morgan fingerprint density at radius 3 is 2.92 bits per heavy atom. The second-order valence-corrected chi connectivity index (χ2v) is 3.04. The zero-order valence-corrected chi connectivity index (χ0v) is 7.98. The molecule has 0 atom stereocenters. The number of halogens is 1. The quantitative estimate of drug-likeness (QED) is 0.783. The third kappa shape index (κ3) is 2.72. The van der Waals surface area contributed by atoms with Gasteiger partial charge in [0.1, 0.15) is 5.76 Å². The van der Waals surface area contributed by atoms with Gasteiger partial charge in [0.15, 0.2) is 5.22 Å². The van der Waals surface area contributed by atoms with Crippen molar-refractivity contribution in [2.24, 2.45) is 0 Å². The fourth-order valence-electron chi connectivity index (χ4n) is 0.979. The molecule has 1 heterocycles. The van der Waals surface area contributed by atoms with E-state index in [1.165, 1.54) is 5.57 Å². The van der Waals surface area contributed by atoms with Gasteiger partial charge in [-0.15, -0.1) is 0 Å². The van der Waals surface area contributed by atoms with Crippen LogP contribution in [0.5, 0.6) is 0 Å². The van der Waals surface area contributed by atoms with Crippen LogP contribution in [0.15, 0.2) is 22.1 Å². The number of furan rings is 1. The Hall–Kier alpha value is -0.730. The Morgan fingerprint density at radius 1 is 1.67 bits per heavy atom. The van der Waals surface area contributed by atoms with Crippen LogP contribution in [0.3, 0.4) is 0 Å². The molecule has 0 aromatic carbocycles. The molecule has 0 aliphatic rings. The summed E-state index contributed by atoms with van der Waals surface area (Å²) in [4.78, 5) is 0. The molecule has 0 radical (unpaired) electrons. The van der Waals surface area contributed by atoms with Gasteiger partial charge in [0.2, 0.25) is 0 Å². The minimum atomic E-state index is 0.429. The summed E-state index contributed by atoms with van der Waals surface area (Å²) in [5.74, 6) is 0.799. The van der Waals surface area contributed by atoms with Gasteiger partial charge < -0.3 is 9.73 Å². The lowest BCUT2D eigenvalue weighted by atomic mass is 10.2. The first-order chi connectivity index (χ1) is 5.72. The highest BCUT2D eigenvalue weighted by atomic mass is 35.5. The SMILES string of the molecule is CNCC(C)=Cc1ccc(Cl)o1. The first-order valence-electron chi connectivity index (χ1n) is 3.79. The topological polar surface area (TPSA) is 25.2 Å². The normalized spacial score (nSPS) is 12.1.